The zero-order chi connectivity index (χ0) is 18.3. The van der Waals surface area contributed by atoms with Gasteiger partial charge in [-0.2, -0.15) is 0 Å². The summed E-state index contributed by atoms with van der Waals surface area (Å²) >= 11 is 0. The van der Waals surface area contributed by atoms with Crippen LogP contribution in [0.25, 0.3) is 0 Å². The number of sulfonamides is 1. The molecule has 0 spiro atoms. The molecule has 0 bridgehead atoms. The van der Waals surface area contributed by atoms with Crippen LogP contribution < -0.4 is 10.6 Å². The third-order valence-corrected chi connectivity index (χ3v) is 5.41. The molecule has 2 rings (SSSR count). The van der Waals surface area contributed by atoms with Gasteiger partial charge in [-0.25, -0.2) is 17.5 Å². The lowest BCUT2D eigenvalue weighted by atomic mass is 10.3. The Kier molecular flexibility index (Phi) is 6.49. The van der Waals surface area contributed by atoms with Gasteiger partial charge in [-0.05, 0) is 42.3 Å². The molecule has 2 N–H and O–H groups in total. The van der Waals surface area contributed by atoms with Gasteiger partial charge in [-0.3, -0.25) is 4.98 Å². The van der Waals surface area contributed by atoms with E-state index < -0.39 is 10.0 Å². The van der Waals surface area contributed by atoms with Gasteiger partial charge in [0.25, 0.3) is 0 Å². The van der Waals surface area contributed by atoms with Gasteiger partial charge >= 0.3 is 6.03 Å². The highest BCUT2D eigenvalue weighted by molar-refractivity contribution is 7.89. The first-order valence-corrected chi connectivity index (χ1v) is 9.37. The van der Waals surface area contributed by atoms with Crippen LogP contribution in [-0.2, 0) is 16.6 Å². The Morgan fingerprint density at radius 1 is 1.20 bits per heavy atom. The number of carbonyl (C=O) groups is 1. The fourth-order valence-electron chi connectivity index (χ4n) is 2.19. The molecule has 0 atom stereocenters. The molecule has 0 fully saturated rings. The lowest BCUT2D eigenvalue weighted by Crippen LogP contribution is -2.28. The Hall–Kier alpha value is -2.45. The van der Waals surface area contributed by atoms with Crippen LogP contribution in [0.15, 0.2) is 53.7 Å². The minimum atomic E-state index is -3.49. The number of nitrogens with one attached hydrogen (secondary N) is 2. The molecule has 1 aromatic carbocycles. The summed E-state index contributed by atoms with van der Waals surface area (Å²) in [6.07, 6.45) is 4.08. The predicted molar refractivity (Wildman–Crippen MR) is 96.6 cm³/mol. The molecule has 0 radical (unpaired) electrons. The first-order chi connectivity index (χ1) is 11.9. The number of benzene rings is 1. The van der Waals surface area contributed by atoms with Crippen molar-refractivity contribution in [2.75, 3.05) is 18.9 Å². The average Bonchev–Trinajstić information content (AvgIpc) is 2.61. The molecule has 0 aliphatic rings. The molecule has 2 aromatic rings. The van der Waals surface area contributed by atoms with Crippen molar-refractivity contribution in [3.05, 3.63) is 54.4 Å². The van der Waals surface area contributed by atoms with E-state index in [1.54, 1.807) is 37.6 Å². The van der Waals surface area contributed by atoms with Crippen molar-refractivity contribution in [2.24, 2.45) is 0 Å². The SMILES string of the molecule is CCCN(C)S(=O)(=O)c1ccc(NC(=O)NCc2cccnc2)cc1. The molecule has 0 aliphatic heterocycles. The van der Waals surface area contributed by atoms with Crippen LogP contribution in [0.1, 0.15) is 18.9 Å². The number of urea groups is 1. The van der Waals surface area contributed by atoms with E-state index in [2.05, 4.69) is 15.6 Å². The summed E-state index contributed by atoms with van der Waals surface area (Å²) in [5, 5.41) is 5.38. The number of pyridine rings is 1. The second-order valence-corrected chi connectivity index (χ2v) is 7.56. The van der Waals surface area contributed by atoms with E-state index in [0.717, 1.165) is 12.0 Å². The number of nitrogens with zero attached hydrogens (tertiary/aromatic N) is 2. The fraction of sp³-hybridized carbons (Fsp3) is 0.294. The number of amides is 2. The summed E-state index contributed by atoms with van der Waals surface area (Å²) in [6.45, 7) is 2.73. The lowest BCUT2D eigenvalue weighted by molar-refractivity contribution is 0.251. The van der Waals surface area contributed by atoms with E-state index in [4.69, 9.17) is 0 Å². The van der Waals surface area contributed by atoms with Crippen molar-refractivity contribution in [3.63, 3.8) is 0 Å². The van der Waals surface area contributed by atoms with Gasteiger partial charge in [-0.15, -0.1) is 0 Å². The van der Waals surface area contributed by atoms with Gasteiger partial charge in [-0.1, -0.05) is 13.0 Å². The predicted octanol–water partition coefficient (Wildman–Crippen LogP) is 2.43. The average molecular weight is 362 g/mol. The Morgan fingerprint density at radius 2 is 1.92 bits per heavy atom. The first kappa shape index (κ1) is 18.9. The molecule has 2 amide bonds. The van der Waals surface area contributed by atoms with Crippen LogP contribution in [0.2, 0.25) is 0 Å². The van der Waals surface area contributed by atoms with Gasteiger partial charge in [0.15, 0.2) is 0 Å². The van der Waals surface area contributed by atoms with Crippen molar-refractivity contribution in [1.82, 2.24) is 14.6 Å². The monoisotopic (exact) mass is 362 g/mol. The van der Waals surface area contributed by atoms with Gasteiger partial charge < -0.3 is 10.6 Å². The second kappa shape index (κ2) is 8.59. The summed E-state index contributed by atoms with van der Waals surface area (Å²) in [5.41, 5.74) is 1.40. The Bertz CT molecular complexity index is 792. The van der Waals surface area contributed by atoms with Gasteiger partial charge in [0.2, 0.25) is 10.0 Å². The maximum atomic E-state index is 12.3. The van der Waals surface area contributed by atoms with Crippen molar-refractivity contribution < 1.29 is 13.2 Å². The molecule has 0 aliphatic carbocycles. The highest BCUT2D eigenvalue weighted by Gasteiger charge is 2.19. The zero-order valence-electron chi connectivity index (χ0n) is 14.3. The second-order valence-electron chi connectivity index (χ2n) is 5.52. The number of anilines is 1. The van der Waals surface area contributed by atoms with Gasteiger partial charge in [0.05, 0.1) is 4.90 Å². The highest BCUT2D eigenvalue weighted by atomic mass is 32.2. The normalized spacial score (nSPS) is 11.3. The van der Waals surface area contributed by atoms with Crippen molar-refractivity contribution in [1.29, 1.82) is 0 Å². The Labute approximate surface area is 148 Å². The molecule has 7 nitrogen and oxygen atoms in total. The van der Waals surface area contributed by atoms with E-state index in [9.17, 15) is 13.2 Å². The van der Waals surface area contributed by atoms with Crippen molar-refractivity contribution in [3.8, 4) is 0 Å². The third-order valence-electron chi connectivity index (χ3n) is 3.53. The van der Waals surface area contributed by atoms with Crippen LogP contribution in [0.5, 0.6) is 0 Å². The van der Waals surface area contributed by atoms with E-state index in [-0.39, 0.29) is 10.9 Å². The van der Waals surface area contributed by atoms with Crippen LogP contribution in [0, 0.1) is 0 Å². The Morgan fingerprint density at radius 3 is 2.52 bits per heavy atom. The zero-order valence-corrected chi connectivity index (χ0v) is 15.1. The fourth-order valence-corrected chi connectivity index (χ4v) is 3.45. The van der Waals surface area contributed by atoms with Crippen molar-refractivity contribution >= 4 is 21.7 Å². The quantitative estimate of drug-likeness (QED) is 0.791. The van der Waals surface area contributed by atoms with Crippen LogP contribution in [0.4, 0.5) is 10.5 Å². The lowest BCUT2D eigenvalue weighted by Gasteiger charge is -2.16. The molecule has 0 unspecified atom stereocenters. The minimum absolute atomic E-state index is 0.199. The highest BCUT2D eigenvalue weighted by Crippen LogP contribution is 2.17. The maximum Gasteiger partial charge on any atom is 0.319 e. The molecule has 8 heteroatoms. The summed E-state index contributed by atoms with van der Waals surface area (Å²) in [4.78, 5) is 16.1. The molecular formula is C17H22N4O3S. The third kappa shape index (κ3) is 5.27. The summed E-state index contributed by atoms with van der Waals surface area (Å²) in [6, 6.07) is 9.38. The van der Waals surface area contributed by atoms with Crippen LogP contribution >= 0.6 is 0 Å². The summed E-state index contributed by atoms with van der Waals surface area (Å²) in [7, 11) is -1.94. The van der Waals surface area contributed by atoms with Crippen LogP contribution in [0.3, 0.4) is 0 Å². The summed E-state index contributed by atoms with van der Waals surface area (Å²) in [5.74, 6) is 0. The molecular weight excluding hydrogens is 340 g/mol. The molecule has 1 aromatic heterocycles. The first-order valence-electron chi connectivity index (χ1n) is 7.93. The number of hydrogen-bond acceptors (Lipinski definition) is 4. The van der Waals surface area contributed by atoms with E-state index in [1.807, 2.05) is 13.0 Å². The molecule has 0 saturated carbocycles. The van der Waals surface area contributed by atoms with Crippen molar-refractivity contribution in [2.45, 2.75) is 24.8 Å². The number of hydrogen-bond donors (Lipinski definition) is 2. The number of carbonyl (C=O) groups excluding carboxylic acids is 1. The number of rotatable bonds is 7. The summed E-state index contributed by atoms with van der Waals surface area (Å²) < 4.78 is 26.0. The number of aromatic nitrogens is 1. The maximum absolute atomic E-state index is 12.3. The van der Waals surface area contributed by atoms with Gasteiger partial charge in [0, 0.05) is 38.2 Å². The van der Waals surface area contributed by atoms with Gasteiger partial charge in [0.1, 0.15) is 0 Å². The molecule has 0 saturated heterocycles. The molecule has 25 heavy (non-hydrogen) atoms. The van der Waals surface area contributed by atoms with Crippen LogP contribution in [-0.4, -0.2) is 37.3 Å². The Balaban J connectivity index is 1.94. The van der Waals surface area contributed by atoms with E-state index in [1.165, 1.54) is 16.4 Å². The molecule has 134 valence electrons. The largest absolute Gasteiger partial charge is 0.334 e. The standard InChI is InChI=1S/C17H22N4O3S/c1-3-11-21(2)25(23,24)16-8-6-15(7-9-16)20-17(22)19-13-14-5-4-10-18-12-14/h4-10,12H,3,11,13H2,1-2H3,(H2,19,20,22). The minimum Gasteiger partial charge on any atom is -0.334 e. The van der Waals surface area contributed by atoms with E-state index >= 15 is 0 Å². The van der Waals surface area contributed by atoms with E-state index in [0.29, 0.717) is 18.8 Å². The molecule has 1 heterocycles. The topological polar surface area (TPSA) is 91.4 Å². The smallest absolute Gasteiger partial charge is 0.319 e.